The number of benzene rings is 1. The van der Waals surface area contributed by atoms with Crippen LogP contribution in [0.3, 0.4) is 0 Å². The van der Waals surface area contributed by atoms with Gasteiger partial charge >= 0.3 is 126 Å². The number of allylic oxidation sites excluding steroid dienone is 1. The second kappa shape index (κ2) is 5.90. The molecule has 0 aliphatic heterocycles. The van der Waals surface area contributed by atoms with Gasteiger partial charge in [0.2, 0.25) is 0 Å². The van der Waals surface area contributed by atoms with E-state index >= 15 is 0 Å². The molecule has 0 bridgehead atoms. The zero-order valence-corrected chi connectivity index (χ0v) is 16.5. The maximum atomic E-state index is 2.52. The smallest absolute Gasteiger partial charge is 1.00 e. The van der Waals surface area contributed by atoms with Crippen molar-refractivity contribution < 1.29 is 49.5 Å². The van der Waals surface area contributed by atoms with Gasteiger partial charge in [0, 0.05) is 0 Å². The van der Waals surface area contributed by atoms with Crippen molar-refractivity contribution in [2.24, 2.45) is 0 Å². The fraction of sp³-hybridized carbons (Fsp3) is 0.529. The second-order valence-electron chi connectivity index (χ2n) is 7.13. The van der Waals surface area contributed by atoms with Crippen LogP contribution in [0.2, 0.25) is 0 Å². The van der Waals surface area contributed by atoms with Crippen molar-refractivity contribution in [3.63, 3.8) is 0 Å². The maximum absolute atomic E-state index is 2.52. The molecule has 2 aliphatic rings. The Labute approximate surface area is 150 Å². The Kier molecular flexibility index (Phi) is 5.45. The number of hydrogen-bond donors (Lipinski definition) is 0. The van der Waals surface area contributed by atoms with E-state index in [1.54, 1.807) is 41.4 Å². The van der Waals surface area contributed by atoms with Crippen molar-refractivity contribution >= 4 is 6.08 Å². The van der Waals surface area contributed by atoms with Gasteiger partial charge in [-0.15, -0.1) is 0 Å². The summed E-state index contributed by atoms with van der Waals surface area (Å²) < 4.78 is 0.679. The molecule has 0 nitrogen and oxygen atoms in total. The largest absolute Gasteiger partial charge is 1.00 e. The summed E-state index contributed by atoms with van der Waals surface area (Å²) in [5.74, 6) is 0. The molecule has 0 saturated heterocycles. The third-order valence-corrected chi connectivity index (χ3v) is 6.10. The molecule has 0 N–H and O–H groups in total. The Bertz CT molecular complexity index is 544. The summed E-state index contributed by atoms with van der Waals surface area (Å²) in [7, 11) is 0. The summed E-state index contributed by atoms with van der Waals surface area (Å²) >= 11 is 1.61. The van der Waals surface area contributed by atoms with Crippen molar-refractivity contribution in [3.8, 4) is 0 Å². The van der Waals surface area contributed by atoms with Crippen LogP contribution in [0.15, 0.2) is 18.2 Å². The van der Waals surface area contributed by atoms with Crippen LogP contribution in [0.1, 0.15) is 66.4 Å². The summed E-state index contributed by atoms with van der Waals surface area (Å²) in [5.41, 5.74) is 6.92. The predicted octanol–water partition coefficient (Wildman–Crippen LogP) is -1.34. The Morgan fingerprint density at radius 2 is 1.45 bits per heavy atom. The number of halogens is 2. The van der Waals surface area contributed by atoms with Crippen molar-refractivity contribution in [2.45, 2.75) is 55.0 Å². The van der Waals surface area contributed by atoms with Gasteiger partial charge in [-0.05, 0) is 0 Å². The number of rotatable bonds is 0. The first-order valence-electron chi connectivity index (χ1n) is 6.89. The normalized spacial score (nSPS) is 24.2. The van der Waals surface area contributed by atoms with Crippen LogP contribution in [0.25, 0.3) is 6.08 Å². The van der Waals surface area contributed by atoms with Gasteiger partial charge in [-0.3, -0.25) is 0 Å². The van der Waals surface area contributed by atoms with E-state index in [0.29, 0.717) is 14.5 Å². The van der Waals surface area contributed by atoms with Crippen LogP contribution < -0.4 is 24.8 Å². The van der Waals surface area contributed by atoms with Gasteiger partial charge < -0.3 is 24.8 Å². The molecule has 3 heteroatoms. The van der Waals surface area contributed by atoms with Gasteiger partial charge in [0.05, 0.1) is 0 Å². The molecule has 0 aromatic heterocycles. The van der Waals surface area contributed by atoms with Gasteiger partial charge in [0.15, 0.2) is 0 Å². The molecule has 2 aliphatic carbocycles. The van der Waals surface area contributed by atoms with Crippen LogP contribution in [-0.2, 0) is 35.5 Å². The molecule has 3 rings (SSSR count). The maximum Gasteiger partial charge on any atom is -1.00 e. The molecule has 0 radical (unpaired) electrons. The summed E-state index contributed by atoms with van der Waals surface area (Å²) in [4.78, 5) is 0. The SMILES string of the molecule is CC1(C)CCC(C)(C)c2cc3c(cc21)C=C[CH]3[Zr+2].[Cl-].[Cl-]. The van der Waals surface area contributed by atoms with E-state index in [2.05, 4.69) is 52.0 Å². The van der Waals surface area contributed by atoms with E-state index < -0.39 is 0 Å². The molecule has 1 unspecified atom stereocenters. The van der Waals surface area contributed by atoms with Gasteiger partial charge in [0.25, 0.3) is 0 Å². The van der Waals surface area contributed by atoms with E-state index in [4.69, 9.17) is 0 Å². The quantitative estimate of drug-likeness (QED) is 0.517. The molecule has 0 spiro atoms. The minimum absolute atomic E-state index is 0. The van der Waals surface area contributed by atoms with Crippen LogP contribution in [0, 0.1) is 0 Å². The fourth-order valence-corrected chi connectivity index (χ4v) is 4.22. The molecule has 0 fully saturated rings. The monoisotopic (exact) mass is 385 g/mol. The Morgan fingerprint density at radius 1 is 0.950 bits per heavy atom. The molecule has 1 atom stereocenters. The van der Waals surface area contributed by atoms with Crippen LogP contribution in [0.5, 0.6) is 0 Å². The summed E-state index contributed by atoms with van der Waals surface area (Å²) in [6.45, 7) is 9.63. The topological polar surface area (TPSA) is 0 Å². The second-order valence-corrected chi connectivity index (χ2v) is 8.66. The zero-order valence-electron chi connectivity index (χ0n) is 12.6. The van der Waals surface area contributed by atoms with E-state index in [1.807, 2.05) is 0 Å². The van der Waals surface area contributed by atoms with E-state index in [1.165, 1.54) is 18.4 Å². The summed E-state index contributed by atoms with van der Waals surface area (Å²) in [5, 5.41) is 0. The van der Waals surface area contributed by atoms with Crippen molar-refractivity contribution in [3.05, 3.63) is 40.5 Å². The summed E-state index contributed by atoms with van der Waals surface area (Å²) in [6, 6.07) is 5.00. The molecule has 0 saturated carbocycles. The molecular weight excluding hydrogens is 366 g/mol. The third-order valence-electron chi connectivity index (χ3n) is 4.86. The minimum Gasteiger partial charge on any atom is -1.00 e. The fourth-order valence-electron chi connectivity index (χ4n) is 3.36. The first kappa shape index (κ1) is 18.5. The predicted molar refractivity (Wildman–Crippen MR) is 73.5 cm³/mol. The Morgan fingerprint density at radius 3 is 2.00 bits per heavy atom. The van der Waals surface area contributed by atoms with Crippen molar-refractivity contribution in [1.82, 2.24) is 0 Å². The van der Waals surface area contributed by atoms with E-state index in [-0.39, 0.29) is 24.8 Å². The van der Waals surface area contributed by atoms with Gasteiger partial charge in [-0.1, -0.05) is 0 Å². The average molecular weight is 387 g/mol. The first-order chi connectivity index (χ1) is 8.31. The molecule has 0 amide bonds. The van der Waals surface area contributed by atoms with E-state index in [0.717, 1.165) is 0 Å². The summed E-state index contributed by atoms with van der Waals surface area (Å²) in [6.07, 6.45) is 7.30. The molecule has 1 aromatic rings. The minimum atomic E-state index is 0. The van der Waals surface area contributed by atoms with Crippen LogP contribution >= 0.6 is 0 Å². The molecular formula is C17H21Cl2Zr. The Balaban J connectivity index is 0.000001000. The standard InChI is InChI=1S/C17H21.2ClH.Zr/c1-16(2)8-9-17(3,4)15-11-13-7-5-6-12(13)10-14(15)16;;;/h5-7,10-11H,8-9H2,1-4H3;2*1H;/q;;;+2/p-2. The molecule has 1 aromatic carbocycles. The Hall–Kier alpha value is 0.423. The first-order valence-corrected chi connectivity index (χ1v) is 8.31. The third kappa shape index (κ3) is 2.83. The molecule has 20 heavy (non-hydrogen) atoms. The van der Waals surface area contributed by atoms with Crippen LogP contribution in [0.4, 0.5) is 0 Å². The van der Waals surface area contributed by atoms with E-state index in [9.17, 15) is 0 Å². The van der Waals surface area contributed by atoms with Gasteiger partial charge in [-0.25, -0.2) is 0 Å². The van der Waals surface area contributed by atoms with Gasteiger partial charge in [-0.2, -0.15) is 0 Å². The van der Waals surface area contributed by atoms with Crippen LogP contribution in [-0.4, -0.2) is 0 Å². The molecule has 107 valence electrons. The number of fused-ring (bicyclic) bond motifs is 2. The van der Waals surface area contributed by atoms with Crippen molar-refractivity contribution in [2.75, 3.05) is 0 Å². The molecule has 0 heterocycles. The average Bonchev–Trinajstić information content (AvgIpc) is 2.66. The number of hydrogen-bond acceptors (Lipinski definition) is 0. The van der Waals surface area contributed by atoms with Crippen molar-refractivity contribution in [1.29, 1.82) is 0 Å². The van der Waals surface area contributed by atoms with Gasteiger partial charge in [0.1, 0.15) is 0 Å². The zero-order chi connectivity index (χ0) is 13.1.